The van der Waals surface area contributed by atoms with Crippen LogP contribution in [-0.4, -0.2) is 0 Å². The molecule has 0 bridgehead atoms. The van der Waals surface area contributed by atoms with Gasteiger partial charge in [0.05, 0.1) is 0 Å². The van der Waals surface area contributed by atoms with Gasteiger partial charge < -0.3 is 0 Å². The summed E-state index contributed by atoms with van der Waals surface area (Å²) in [5.41, 5.74) is 0. The van der Waals surface area contributed by atoms with Gasteiger partial charge in [-0.05, 0) is 32.6 Å². The minimum atomic E-state index is 1.07. The van der Waals surface area contributed by atoms with Crippen LogP contribution in [0, 0.1) is 6.58 Å². The van der Waals surface area contributed by atoms with Crippen LogP contribution in [0.1, 0.15) is 39.0 Å². The van der Waals surface area contributed by atoms with Crippen LogP contribution >= 0.6 is 0 Å². The van der Waals surface area contributed by atoms with Crippen molar-refractivity contribution < 1.29 is 0 Å². The molecule has 0 heteroatoms. The molecule has 0 amide bonds. The number of rotatable bonds is 6. The van der Waals surface area contributed by atoms with Gasteiger partial charge in [-0.3, -0.25) is 0 Å². The second-order valence-electron chi connectivity index (χ2n) is 2.44. The van der Waals surface area contributed by atoms with Crippen LogP contribution in [0.2, 0.25) is 0 Å². The highest BCUT2D eigenvalue weighted by Crippen LogP contribution is 2.03. The van der Waals surface area contributed by atoms with Gasteiger partial charge in [0, 0.05) is 0 Å². The minimum Gasteiger partial charge on any atom is -0.0917 e. The minimum absolute atomic E-state index is 1.07. The first-order chi connectivity index (χ1) is 4.91. The van der Waals surface area contributed by atoms with E-state index in [2.05, 4.69) is 19.1 Å². The van der Waals surface area contributed by atoms with Gasteiger partial charge in [-0.15, -0.1) is 0 Å². The van der Waals surface area contributed by atoms with E-state index in [0.717, 1.165) is 6.42 Å². The molecule has 0 aliphatic carbocycles. The van der Waals surface area contributed by atoms with Crippen LogP contribution in [0.5, 0.6) is 0 Å². The third kappa shape index (κ3) is 7.48. The van der Waals surface area contributed by atoms with Crippen molar-refractivity contribution in [3.05, 3.63) is 24.8 Å². The summed E-state index contributed by atoms with van der Waals surface area (Å²) in [4.78, 5) is 0. The maximum absolute atomic E-state index is 5.23. The van der Waals surface area contributed by atoms with Crippen LogP contribution in [0.15, 0.2) is 18.2 Å². The molecule has 0 aliphatic rings. The monoisotopic (exact) mass is 137 g/mol. The zero-order chi connectivity index (χ0) is 7.66. The van der Waals surface area contributed by atoms with Crippen molar-refractivity contribution in [2.24, 2.45) is 0 Å². The van der Waals surface area contributed by atoms with Crippen LogP contribution in [0.4, 0.5) is 0 Å². The molecule has 0 saturated heterocycles. The predicted molar refractivity (Wildman–Crippen MR) is 46.8 cm³/mol. The Morgan fingerprint density at radius 1 is 1.10 bits per heavy atom. The molecule has 0 aromatic rings. The van der Waals surface area contributed by atoms with E-state index in [1.54, 1.807) is 6.08 Å². The molecule has 0 saturated carbocycles. The zero-order valence-electron chi connectivity index (χ0n) is 6.84. The van der Waals surface area contributed by atoms with Gasteiger partial charge in [-0.2, -0.15) is 0 Å². The van der Waals surface area contributed by atoms with E-state index in [1.807, 2.05) is 0 Å². The molecule has 0 aliphatic heterocycles. The third-order valence-corrected chi connectivity index (χ3v) is 1.48. The molecule has 1 radical (unpaired) electrons. The van der Waals surface area contributed by atoms with Gasteiger partial charge in [-0.1, -0.05) is 31.2 Å². The quantitative estimate of drug-likeness (QED) is 0.388. The van der Waals surface area contributed by atoms with Crippen molar-refractivity contribution >= 4 is 0 Å². The maximum Gasteiger partial charge on any atom is -0.0348 e. The van der Waals surface area contributed by atoms with E-state index in [-0.39, 0.29) is 0 Å². The molecule has 0 aromatic carbocycles. The normalized spacial score (nSPS) is 10.5. The molecule has 57 valence electrons. The molecule has 0 rings (SSSR count). The van der Waals surface area contributed by atoms with Crippen LogP contribution in [-0.2, 0) is 0 Å². The van der Waals surface area contributed by atoms with Crippen molar-refractivity contribution in [1.29, 1.82) is 0 Å². The van der Waals surface area contributed by atoms with Gasteiger partial charge in [0.25, 0.3) is 0 Å². The highest BCUT2D eigenvalue weighted by molar-refractivity contribution is 4.76. The summed E-state index contributed by atoms with van der Waals surface area (Å²) in [5.74, 6) is 0. The summed E-state index contributed by atoms with van der Waals surface area (Å²) in [6.07, 6.45) is 12.2. The van der Waals surface area contributed by atoms with Gasteiger partial charge >= 0.3 is 0 Å². The van der Waals surface area contributed by atoms with Crippen LogP contribution < -0.4 is 0 Å². The molecule has 0 heterocycles. The zero-order valence-corrected chi connectivity index (χ0v) is 6.84. The Balaban J connectivity index is 2.83. The molecular formula is C10H17. The van der Waals surface area contributed by atoms with Crippen molar-refractivity contribution in [3.8, 4) is 0 Å². The third-order valence-electron chi connectivity index (χ3n) is 1.48. The van der Waals surface area contributed by atoms with E-state index in [1.165, 1.54) is 25.7 Å². The van der Waals surface area contributed by atoms with Crippen LogP contribution in [0.25, 0.3) is 0 Å². The van der Waals surface area contributed by atoms with E-state index in [0.29, 0.717) is 0 Å². The summed E-state index contributed by atoms with van der Waals surface area (Å²) in [5, 5.41) is 0. The first kappa shape index (κ1) is 9.48. The van der Waals surface area contributed by atoms with Crippen LogP contribution in [0.3, 0.4) is 0 Å². The second kappa shape index (κ2) is 8.48. The Morgan fingerprint density at radius 2 is 1.80 bits per heavy atom. The van der Waals surface area contributed by atoms with Gasteiger partial charge in [-0.25, -0.2) is 0 Å². The lowest BCUT2D eigenvalue weighted by molar-refractivity contribution is 0.696. The van der Waals surface area contributed by atoms with E-state index < -0.39 is 0 Å². The van der Waals surface area contributed by atoms with Crippen molar-refractivity contribution in [1.82, 2.24) is 0 Å². The molecule has 0 spiro atoms. The number of hydrogen-bond donors (Lipinski definition) is 0. The fraction of sp³-hybridized carbons (Fsp3) is 0.600. The van der Waals surface area contributed by atoms with Gasteiger partial charge in [0.15, 0.2) is 0 Å². The van der Waals surface area contributed by atoms with E-state index >= 15 is 0 Å². The largest absolute Gasteiger partial charge is 0.0917 e. The molecular weight excluding hydrogens is 120 g/mol. The topological polar surface area (TPSA) is 0 Å². The molecule has 10 heavy (non-hydrogen) atoms. The smallest absolute Gasteiger partial charge is 0.0348 e. The maximum atomic E-state index is 5.23. The van der Waals surface area contributed by atoms with Crippen molar-refractivity contribution in [2.75, 3.05) is 0 Å². The molecule has 0 nitrogen and oxygen atoms in total. The highest BCUT2D eigenvalue weighted by atomic mass is 13.9. The highest BCUT2D eigenvalue weighted by Gasteiger charge is 1.83. The fourth-order valence-electron chi connectivity index (χ4n) is 0.868. The molecule has 0 atom stereocenters. The summed E-state index contributed by atoms with van der Waals surface area (Å²) >= 11 is 0. The van der Waals surface area contributed by atoms with Crippen molar-refractivity contribution in [2.45, 2.75) is 39.0 Å². The van der Waals surface area contributed by atoms with E-state index in [9.17, 15) is 0 Å². The Bertz CT molecular complexity index is 90.2. The predicted octanol–water partition coefficient (Wildman–Crippen LogP) is 3.50. The van der Waals surface area contributed by atoms with Crippen molar-refractivity contribution in [3.63, 3.8) is 0 Å². The Hall–Kier alpha value is -0.520. The Labute approximate surface area is 64.6 Å². The first-order valence-corrected chi connectivity index (χ1v) is 4.06. The Morgan fingerprint density at radius 3 is 2.40 bits per heavy atom. The SMILES string of the molecule is [CH]=CCCCCC/C=C/C. The molecule has 0 unspecified atom stereocenters. The number of unbranched alkanes of at least 4 members (excludes halogenated alkanes) is 4. The molecule has 0 aromatic heterocycles. The van der Waals surface area contributed by atoms with Gasteiger partial charge in [0.1, 0.15) is 0 Å². The Kier molecular flexibility index (Phi) is 8.04. The molecule has 0 N–H and O–H groups in total. The second-order valence-corrected chi connectivity index (χ2v) is 2.44. The first-order valence-electron chi connectivity index (χ1n) is 4.06. The standard InChI is InChI=1S/C10H17/c1-3-5-7-9-10-8-6-4-2/h1,3-4,6H,5,7-10H2,2H3/b3-1?,6-4+. The number of hydrogen-bond acceptors (Lipinski definition) is 0. The summed E-state index contributed by atoms with van der Waals surface area (Å²) in [7, 11) is 0. The lowest BCUT2D eigenvalue weighted by Crippen LogP contribution is -1.73. The fourth-order valence-corrected chi connectivity index (χ4v) is 0.868. The average molecular weight is 137 g/mol. The lowest BCUT2D eigenvalue weighted by atomic mass is 10.1. The average Bonchev–Trinajstić information content (AvgIpc) is 1.97. The lowest BCUT2D eigenvalue weighted by Gasteiger charge is -1.93. The molecule has 0 fully saturated rings. The summed E-state index contributed by atoms with van der Waals surface area (Å²) in [6, 6.07) is 0. The summed E-state index contributed by atoms with van der Waals surface area (Å²) in [6.45, 7) is 7.29. The summed E-state index contributed by atoms with van der Waals surface area (Å²) < 4.78 is 0. The number of allylic oxidation sites excluding steroid dienone is 3. The van der Waals surface area contributed by atoms with E-state index in [4.69, 9.17) is 6.58 Å². The van der Waals surface area contributed by atoms with Gasteiger partial charge in [0.2, 0.25) is 0 Å².